The monoisotopic (exact) mass is 388 g/mol. The van der Waals surface area contributed by atoms with Crippen molar-refractivity contribution >= 4 is 29.5 Å². The van der Waals surface area contributed by atoms with Crippen LogP contribution >= 0.6 is 0 Å². The highest BCUT2D eigenvalue weighted by molar-refractivity contribution is 6.24. The maximum absolute atomic E-state index is 13.5. The first-order valence-electron chi connectivity index (χ1n) is 9.42. The maximum Gasteiger partial charge on any atom is 0.430 e. The van der Waals surface area contributed by atoms with E-state index >= 15 is 0 Å². The third kappa shape index (κ3) is 3.39. The number of hydrogen-bond acceptors (Lipinski definition) is 6. The van der Waals surface area contributed by atoms with Gasteiger partial charge in [0.2, 0.25) is 0 Å². The van der Waals surface area contributed by atoms with Crippen molar-refractivity contribution in [2.45, 2.75) is 45.1 Å². The van der Waals surface area contributed by atoms with Crippen LogP contribution in [0.3, 0.4) is 0 Å². The van der Waals surface area contributed by atoms with E-state index in [0.29, 0.717) is 30.7 Å². The number of hydrazone groups is 1. The smallest absolute Gasteiger partial charge is 0.430 e. The summed E-state index contributed by atoms with van der Waals surface area (Å²) < 4.78 is 10.0. The lowest BCUT2D eigenvalue weighted by Crippen LogP contribution is -2.68. The van der Waals surface area contributed by atoms with Gasteiger partial charge < -0.3 is 9.47 Å². The van der Waals surface area contributed by atoms with E-state index in [2.05, 4.69) is 10.5 Å². The molecule has 150 valence electrons. The molecule has 3 rings (SSSR count). The maximum atomic E-state index is 13.5. The highest BCUT2D eigenvalue weighted by Crippen LogP contribution is 2.39. The van der Waals surface area contributed by atoms with E-state index in [1.807, 2.05) is 6.07 Å². The topological polar surface area (TPSA) is 101 Å². The molecule has 28 heavy (non-hydrogen) atoms. The molecular formula is C19H24N4O5. The minimum atomic E-state index is -1.42. The molecule has 1 fully saturated rings. The number of hydrazine groups is 1. The van der Waals surface area contributed by atoms with Gasteiger partial charge in [0.15, 0.2) is 5.54 Å². The molecule has 2 aliphatic rings. The fraction of sp³-hybridized carbons (Fsp3) is 0.474. The summed E-state index contributed by atoms with van der Waals surface area (Å²) in [7, 11) is 0. The lowest BCUT2D eigenvalue weighted by molar-refractivity contribution is -0.127. The molecular weight excluding hydrogens is 364 g/mol. The summed E-state index contributed by atoms with van der Waals surface area (Å²) in [6.45, 7) is 3.53. The Labute approximate surface area is 163 Å². The third-order valence-electron chi connectivity index (χ3n) is 4.76. The Morgan fingerprint density at radius 2 is 1.89 bits per heavy atom. The van der Waals surface area contributed by atoms with Gasteiger partial charge in [-0.05, 0) is 51.7 Å². The van der Waals surface area contributed by atoms with Gasteiger partial charge in [0.1, 0.15) is 0 Å². The molecule has 1 aliphatic carbocycles. The van der Waals surface area contributed by atoms with Gasteiger partial charge in [0.05, 0.1) is 24.6 Å². The normalized spacial score (nSPS) is 20.9. The van der Waals surface area contributed by atoms with Gasteiger partial charge in [-0.2, -0.15) is 15.1 Å². The van der Waals surface area contributed by atoms with Crippen LogP contribution in [0.5, 0.6) is 0 Å². The molecule has 9 nitrogen and oxygen atoms in total. The molecule has 9 heteroatoms. The van der Waals surface area contributed by atoms with E-state index in [0.717, 1.165) is 11.4 Å². The molecule has 0 aromatic heterocycles. The number of para-hydroxylation sites is 1. The van der Waals surface area contributed by atoms with Crippen LogP contribution in [0.4, 0.5) is 15.3 Å². The van der Waals surface area contributed by atoms with Crippen LogP contribution in [0.15, 0.2) is 35.4 Å². The van der Waals surface area contributed by atoms with Crippen LogP contribution in [0, 0.1) is 0 Å². The van der Waals surface area contributed by atoms with Gasteiger partial charge in [-0.15, -0.1) is 0 Å². The van der Waals surface area contributed by atoms with Crippen LogP contribution < -0.4 is 10.4 Å². The Kier molecular flexibility index (Phi) is 5.81. The lowest BCUT2D eigenvalue weighted by Gasteiger charge is -2.40. The highest BCUT2D eigenvalue weighted by atomic mass is 16.6. The van der Waals surface area contributed by atoms with Crippen molar-refractivity contribution in [1.82, 2.24) is 10.4 Å². The Bertz CT molecular complexity index is 782. The van der Waals surface area contributed by atoms with Crippen LogP contribution in [-0.2, 0) is 14.3 Å². The summed E-state index contributed by atoms with van der Waals surface area (Å²) in [4.78, 5) is 38.3. The summed E-state index contributed by atoms with van der Waals surface area (Å²) in [6.07, 6.45) is 0.754. The van der Waals surface area contributed by atoms with E-state index in [4.69, 9.17) is 9.47 Å². The van der Waals surface area contributed by atoms with Crippen molar-refractivity contribution < 1.29 is 23.9 Å². The van der Waals surface area contributed by atoms with Crippen molar-refractivity contribution in [3.8, 4) is 0 Å². The van der Waals surface area contributed by atoms with E-state index < -0.39 is 23.6 Å². The molecule has 1 aromatic carbocycles. The predicted octanol–water partition coefficient (Wildman–Crippen LogP) is 2.82. The van der Waals surface area contributed by atoms with Gasteiger partial charge in [0, 0.05) is 0 Å². The SMILES string of the molecule is CCOC(=O)NN(C(=O)OCC)[C@]12CCCCC1=NN(c1ccccc1)C2=O. The van der Waals surface area contributed by atoms with Crippen LogP contribution in [0.1, 0.15) is 39.5 Å². The molecule has 0 bridgehead atoms. The third-order valence-corrected chi connectivity index (χ3v) is 4.76. The van der Waals surface area contributed by atoms with Crippen LogP contribution in [-0.4, -0.2) is 47.6 Å². The van der Waals surface area contributed by atoms with Gasteiger partial charge >= 0.3 is 12.2 Å². The van der Waals surface area contributed by atoms with Crippen LogP contribution in [0.25, 0.3) is 0 Å². The Balaban J connectivity index is 2.02. The van der Waals surface area contributed by atoms with Gasteiger partial charge in [-0.25, -0.2) is 15.0 Å². The van der Waals surface area contributed by atoms with Gasteiger partial charge in [0.25, 0.3) is 5.91 Å². The molecule has 1 atom stereocenters. The molecule has 1 saturated carbocycles. The largest absolute Gasteiger partial charge is 0.449 e. The van der Waals surface area contributed by atoms with E-state index in [1.165, 1.54) is 5.01 Å². The van der Waals surface area contributed by atoms with E-state index in [1.54, 1.807) is 38.1 Å². The molecule has 0 unspecified atom stereocenters. The number of rotatable bonds is 4. The number of nitrogens with zero attached hydrogens (tertiary/aromatic N) is 3. The standard InChI is InChI=1S/C19H24N4O5/c1-3-27-17(25)21-23(18(26)28-4-2)19-13-9-8-12-15(19)20-22(16(19)24)14-10-6-5-7-11-14/h5-7,10-11H,3-4,8-9,12-13H2,1-2H3,(H,21,25)/t19-/m1/s1. The minimum Gasteiger partial charge on any atom is -0.449 e. The zero-order chi connectivity index (χ0) is 20.1. The van der Waals surface area contributed by atoms with Crippen molar-refractivity contribution in [2.75, 3.05) is 18.2 Å². The number of anilines is 1. The summed E-state index contributed by atoms with van der Waals surface area (Å²) in [5, 5.41) is 6.76. The summed E-state index contributed by atoms with van der Waals surface area (Å²) >= 11 is 0. The number of nitrogens with one attached hydrogen (secondary N) is 1. The number of hydrogen-bond donors (Lipinski definition) is 1. The van der Waals surface area contributed by atoms with E-state index in [-0.39, 0.29) is 13.2 Å². The van der Waals surface area contributed by atoms with Crippen molar-refractivity contribution in [2.24, 2.45) is 5.10 Å². The second kappa shape index (κ2) is 8.28. The predicted molar refractivity (Wildman–Crippen MR) is 102 cm³/mol. The minimum absolute atomic E-state index is 0.0962. The molecule has 0 radical (unpaired) electrons. The van der Waals surface area contributed by atoms with Crippen molar-refractivity contribution in [3.63, 3.8) is 0 Å². The molecule has 1 aliphatic heterocycles. The Hall–Kier alpha value is -3.10. The number of carbonyl (C=O) groups is 3. The van der Waals surface area contributed by atoms with Gasteiger partial charge in [-0.1, -0.05) is 18.2 Å². The summed E-state index contributed by atoms with van der Waals surface area (Å²) in [5.74, 6) is -0.404. The van der Waals surface area contributed by atoms with Gasteiger partial charge in [-0.3, -0.25) is 4.79 Å². The highest BCUT2D eigenvalue weighted by Gasteiger charge is 2.59. The number of carbonyl (C=O) groups excluding carboxylic acids is 3. The fourth-order valence-electron chi connectivity index (χ4n) is 3.55. The summed E-state index contributed by atoms with van der Waals surface area (Å²) in [5.41, 5.74) is 2.10. The number of benzene rings is 1. The Morgan fingerprint density at radius 3 is 2.57 bits per heavy atom. The first-order valence-corrected chi connectivity index (χ1v) is 9.42. The zero-order valence-corrected chi connectivity index (χ0v) is 16.0. The molecule has 1 aromatic rings. The number of fused-ring (bicyclic) bond motifs is 1. The molecule has 3 amide bonds. The van der Waals surface area contributed by atoms with Crippen molar-refractivity contribution in [3.05, 3.63) is 30.3 Å². The average Bonchev–Trinajstić information content (AvgIpc) is 3.01. The lowest BCUT2D eigenvalue weighted by atomic mass is 9.79. The average molecular weight is 388 g/mol. The first kappa shape index (κ1) is 19.7. The van der Waals surface area contributed by atoms with Crippen LogP contribution in [0.2, 0.25) is 0 Å². The van der Waals surface area contributed by atoms with Crippen molar-refractivity contribution in [1.29, 1.82) is 0 Å². The number of amides is 3. The second-order valence-corrected chi connectivity index (χ2v) is 6.43. The molecule has 1 heterocycles. The number of ether oxygens (including phenoxy) is 2. The van der Waals surface area contributed by atoms with E-state index in [9.17, 15) is 14.4 Å². The second-order valence-electron chi connectivity index (χ2n) is 6.43. The molecule has 1 N–H and O–H groups in total. The Morgan fingerprint density at radius 1 is 1.18 bits per heavy atom. The fourth-order valence-corrected chi connectivity index (χ4v) is 3.55. The summed E-state index contributed by atoms with van der Waals surface area (Å²) in [6, 6.07) is 8.98. The first-order chi connectivity index (χ1) is 13.5. The quantitative estimate of drug-likeness (QED) is 0.800. The molecule has 0 saturated heterocycles. The zero-order valence-electron chi connectivity index (χ0n) is 16.0. The molecule has 0 spiro atoms.